The van der Waals surface area contributed by atoms with E-state index in [4.69, 9.17) is 10.5 Å². The van der Waals surface area contributed by atoms with Crippen LogP contribution >= 0.6 is 0 Å². The molecule has 0 saturated carbocycles. The molecule has 0 aliphatic carbocycles. The summed E-state index contributed by atoms with van der Waals surface area (Å²) < 4.78 is 5.03. The Morgan fingerprint density at radius 3 is 2.78 bits per heavy atom. The zero-order chi connectivity index (χ0) is 16.5. The molecule has 1 heterocycles. The van der Waals surface area contributed by atoms with Crippen LogP contribution in [0.25, 0.3) is 0 Å². The van der Waals surface area contributed by atoms with Crippen LogP contribution in [0.3, 0.4) is 0 Å². The first-order valence-electron chi connectivity index (χ1n) is 8.33. The van der Waals surface area contributed by atoms with Crippen LogP contribution in [0.5, 0.6) is 0 Å². The summed E-state index contributed by atoms with van der Waals surface area (Å²) in [5.74, 6) is -0.0887. The summed E-state index contributed by atoms with van der Waals surface area (Å²) in [5, 5.41) is 6.21. The van der Waals surface area contributed by atoms with Crippen LogP contribution in [0, 0.1) is 0 Å². The van der Waals surface area contributed by atoms with Crippen LogP contribution < -0.4 is 16.4 Å². The van der Waals surface area contributed by atoms with Crippen LogP contribution in [0.1, 0.15) is 29.6 Å². The van der Waals surface area contributed by atoms with Gasteiger partial charge < -0.3 is 26.0 Å². The molecule has 1 fully saturated rings. The number of benzene rings is 1. The van der Waals surface area contributed by atoms with E-state index in [0.717, 1.165) is 25.3 Å². The predicted octanol–water partition coefficient (Wildman–Crippen LogP) is 1.54. The van der Waals surface area contributed by atoms with E-state index in [1.165, 1.54) is 19.3 Å². The van der Waals surface area contributed by atoms with Crippen molar-refractivity contribution in [1.29, 1.82) is 0 Å². The fourth-order valence-electron chi connectivity index (χ4n) is 2.80. The third kappa shape index (κ3) is 5.73. The number of anilines is 2. The lowest BCUT2D eigenvalue weighted by atomic mass is 10.1. The Kier molecular flexibility index (Phi) is 7.16. The van der Waals surface area contributed by atoms with Crippen molar-refractivity contribution in [2.24, 2.45) is 0 Å². The maximum absolute atomic E-state index is 12.4. The molecule has 0 aromatic heterocycles. The minimum absolute atomic E-state index is 0.0887. The molecule has 1 aromatic rings. The van der Waals surface area contributed by atoms with Gasteiger partial charge in [0, 0.05) is 38.1 Å². The Balaban J connectivity index is 1.87. The van der Waals surface area contributed by atoms with Gasteiger partial charge in [-0.3, -0.25) is 4.79 Å². The van der Waals surface area contributed by atoms with Crippen LogP contribution in [-0.2, 0) is 4.74 Å². The predicted molar refractivity (Wildman–Crippen MR) is 93.8 cm³/mol. The van der Waals surface area contributed by atoms with Crippen molar-refractivity contribution in [3.8, 4) is 0 Å². The van der Waals surface area contributed by atoms with Crippen molar-refractivity contribution < 1.29 is 9.53 Å². The lowest BCUT2D eigenvalue weighted by Gasteiger charge is -2.26. The molecule has 1 saturated heterocycles. The number of likely N-dealkylation sites (tertiary alicyclic amines) is 1. The summed E-state index contributed by atoms with van der Waals surface area (Å²) in [6, 6.07) is 5.34. The average molecular weight is 320 g/mol. The van der Waals surface area contributed by atoms with Crippen molar-refractivity contribution in [3.63, 3.8) is 0 Å². The molecule has 23 heavy (non-hydrogen) atoms. The number of piperidine rings is 1. The minimum atomic E-state index is -0.0887. The number of nitrogens with zero attached hydrogens (tertiary/aromatic N) is 1. The molecule has 0 atom stereocenters. The molecular weight excluding hydrogens is 292 g/mol. The minimum Gasteiger partial charge on any atom is -0.399 e. The number of nitrogens with two attached hydrogens (primary N) is 1. The largest absolute Gasteiger partial charge is 0.399 e. The molecule has 6 nitrogen and oxygen atoms in total. The lowest BCUT2D eigenvalue weighted by molar-refractivity contribution is 0.0947. The van der Waals surface area contributed by atoms with Gasteiger partial charge in [0.25, 0.3) is 5.91 Å². The third-order valence-electron chi connectivity index (χ3n) is 4.07. The number of amides is 1. The monoisotopic (exact) mass is 320 g/mol. The first-order chi connectivity index (χ1) is 11.2. The highest BCUT2D eigenvalue weighted by atomic mass is 16.5. The molecule has 1 aromatic carbocycles. The smallest absolute Gasteiger partial charge is 0.253 e. The molecule has 0 bridgehead atoms. The van der Waals surface area contributed by atoms with Crippen molar-refractivity contribution in [1.82, 2.24) is 10.2 Å². The Bertz CT molecular complexity index is 501. The SMILES string of the molecule is COCCNc1ccc(N)cc1C(=O)NCCN1CCCCC1. The Labute approximate surface area is 138 Å². The fourth-order valence-corrected chi connectivity index (χ4v) is 2.80. The normalized spacial score (nSPS) is 15.3. The zero-order valence-corrected chi connectivity index (χ0v) is 13.9. The molecule has 0 radical (unpaired) electrons. The number of rotatable bonds is 8. The number of nitrogens with one attached hydrogen (secondary N) is 2. The van der Waals surface area contributed by atoms with E-state index in [1.54, 1.807) is 19.2 Å². The maximum Gasteiger partial charge on any atom is 0.253 e. The molecule has 1 amide bonds. The molecule has 1 aliphatic heterocycles. The Morgan fingerprint density at radius 1 is 1.26 bits per heavy atom. The number of nitrogen functional groups attached to an aromatic ring is 1. The summed E-state index contributed by atoms with van der Waals surface area (Å²) in [6.45, 7) is 5.07. The van der Waals surface area contributed by atoms with E-state index in [-0.39, 0.29) is 5.91 Å². The number of carbonyl (C=O) groups excluding carboxylic acids is 1. The molecule has 1 aliphatic rings. The van der Waals surface area contributed by atoms with Crippen LogP contribution in [0.2, 0.25) is 0 Å². The molecule has 0 unspecified atom stereocenters. The van der Waals surface area contributed by atoms with Gasteiger partial charge in [-0.05, 0) is 44.1 Å². The Hall–Kier alpha value is -1.79. The summed E-state index contributed by atoms with van der Waals surface area (Å²) in [6.07, 6.45) is 3.84. The number of ether oxygens (including phenoxy) is 1. The van der Waals surface area contributed by atoms with Gasteiger partial charge in [0.1, 0.15) is 0 Å². The molecular formula is C17H28N4O2. The Morgan fingerprint density at radius 2 is 2.04 bits per heavy atom. The van der Waals surface area contributed by atoms with E-state index < -0.39 is 0 Å². The summed E-state index contributed by atoms with van der Waals surface area (Å²) in [5.41, 5.74) is 7.78. The molecule has 128 valence electrons. The number of hydrogen-bond acceptors (Lipinski definition) is 5. The molecule has 4 N–H and O–H groups in total. The van der Waals surface area contributed by atoms with E-state index in [0.29, 0.717) is 30.9 Å². The van der Waals surface area contributed by atoms with E-state index >= 15 is 0 Å². The van der Waals surface area contributed by atoms with Gasteiger partial charge in [0.15, 0.2) is 0 Å². The standard InChI is InChI=1S/C17H28N4O2/c1-23-12-8-19-16-6-5-14(18)13-15(16)17(22)20-7-11-21-9-3-2-4-10-21/h5-6,13,19H,2-4,7-12,18H2,1H3,(H,20,22). The second-order valence-corrected chi connectivity index (χ2v) is 5.88. The highest BCUT2D eigenvalue weighted by molar-refractivity contribution is 6.00. The van der Waals surface area contributed by atoms with Crippen molar-refractivity contribution in [2.45, 2.75) is 19.3 Å². The summed E-state index contributed by atoms with van der Waals surface area (Å²) in [7, 11) is 1.65. The van der Waals surface area contributed by atoms with E-state index in [9.17, 15) is 4.79 Å². The molecule has 6 heteroatoms. The van der Waals surface area contributed by atoms with E-state index in [1.807, 2.05) is 6.07 Å². The quantitative estimate of drug-likeness (QED) is 0.500. The van der Waals surface area contributed by atoms with E-state index in [2.05, 4.69) is 15.5 Å². The van der Waals surface area contributed by atoms with Gasteiger partial charge in [0.2, 0.25) is 0 Å². The van der Waals surface area contributed by atoms with Gasteiger partial charge in [-0.25, -0.2) is 0 Å². The van der Waals surface area contributed by atoms with Gasteiger partial charge in [-0.2, -0.15) is 0 Å². The zero-order valence-electron chi connectivity index (χ0n) is 13.9. The van der Waals surface area contributed by atoms with Gasteiger partial charge in [-0.15, -0.1) is 0 Å². The highest BCUT2D eigenvalue weighted by Crippen LogP contribution is 2.18. The number of carbonyl (C=O) groups is 1. The summed E-state index contributed by atoms with van der Waals surface area (Å²) >= 11 is 0. The van der Waals surface area contributed by atoms with Crippen molar-refractivity contribution in [3.05, 3.63) is 23.8 Å². The lowest BCUT2D eigenvalue weighted by Crippen LogP contribution is -2.37. The average Bonchev–Trinajstić information content (AvgIpc) is 2.57. The second kappa shape index (κ2) is 9.37. The van der Waals surface area contributed by atoms with Gasteiger partial charge in [0.05, 0.1) is 12.2 Å². The first kappa shape index (κ1) is 17.6. The van der Waals surface area contributed by atoms with Crippen LogP contribution in [0.15, 0.2) is 18.2 Å². The molecule has 0 spiro atoms. The van der Waals surface area contributed by atoms with Crippen LogP contribution in [-0.4, -0.2) is 57.2 Å². The summed E-state index contributed by atoms with van der Waals surface area (Å²) in [4.78, 5) is 14.8. The number of hydrogen-bond donors (Lipinski definition) is 3. The molecule has 2 rings (SSSR count). The van der Waals surface area contributed by atoms with Crippen LogP contribution in [0.4, 0.5) is 11.4 Å². The third-order valence-corrected chi connectivity index (χ3v) is 4.07. The first-order valence-corrected chi connectivity index (χ1v) is 8.33. The van der Waals surface area contributed by atoms with Gasteiger partial charge in [-0.1, -0.05) is 6.42 Å². The maximum atomic E-state index is 12.4. The highest BCUT2D eigenvalue weighted by Gasteiger charge is 2.13. The fraction of sp³-hybridized carbons (Fsp3) is 0.588. The van der Waals surface area contributed by atoms with Gasteiger partial charge >= 0.3 is 0 Å². The second-order valence-electron chi connectivity index (χ2n) is 5.88. The topological polar surface area (TPSA) is 79.6 Å². The van der Waals surface area contributed by atoms with Crippen molar-refractivity contribution in [2.75, 3.05) is 57.5 Å². The van der Waals surface area contributed by atoms with Crippen molar-refractivity contribution >= 4 is 17.3 Å². The number of methoxy groups -OCH3 is 1.